The van der Waals surface area contributed by atoms with Gasteiger partial charge in [0.05, 0.1) is 7.11 Å². The van der Waals surface area contributed by atoms with Crippen molar-refractivity contribution in [3.05, 3.63) is 64.7 Å². The van der Waals surface area contributed by atoms with E-state index in [4.69, 9.17) is 4.74 Å². The molecule has 0 fully saturated rings. The minimum Gasteiger partial charge on any atom is -0.496 e. The zero-order valence-electron chi connectivity index (χ0n) is 17.0. The molecule has 0 spiro atoms. The molecule has 3 rings (SSSR count). The molecular formula is C22H31IN4O. The predicted octanol–water partition coefficient (Wildman–Crippen LogP) is 3.34. The summed E-state index contributed by atoms with van der Waals surface area (Å²) in [5.74, 6) is 1.72. The van der Waals surface area contributed by atoms with Crippen LogP contribution in [0.2, 0.25) is 0 Å². The second-order valence-corrected chi connectivity index (χ2v) is 6.96. The van der Waals surface area contributed by atoms with Crippen LogP contribution in [0.4, 0.5) is 0 Å². The highest BCUT2D eigenvalue weighted by atomic mass is 127. The highest BCUT2D eigenvalue weighted by Crippen LogP contribution is 2.19. The van der Waals surface area contributed by atoms with Gasteiger partial charge in [-0.25, -0.2) is 0 Å². The zero-order valence-corrected chi connectivity index (χ0v) is 19.3. The molecule has 2 aromatic carbocycles. The summed E-state index contributed by atoms with van der Waals surface area (Å²) in [6, 6.07) is 15.0. The molecule has 0 bridgehead atoms. The molecule has 0 saturated heterocycles. The lowest BCUT2D eigenvalue weighted by molar-refractivity contribution is 0.258. The lowest BCUT2D eigenvalue weighted by atomic mass is 10.00. The molecule has 0 unspecified atom stereocenters. The van der Waals surface area contributed by atoms with Crippen LogP contribution in [0.1, 0.15) is 22.3 Å². The molecule has 5 nitrogen and oxygen atoms in total. The van der Waals surface area contributed by atoms with Crippen molar-refractivity contribution < 1.29 is 4.74 Å². The first kappa shape index (κ1) is 22.5. The Balaban J connectivity index is 0.00000280. The van der Waals surface area contributed by atoms with Crippen LogP contribution in [0, 0.1) is 6.92 Å². The Hall–Kier alpha value is -1.80. The monoisotopic (exact) mass is 494 g/mol. The lowest BCUT2D eigenvalue weighted by Crippen LogP contribution is -2.42. The number of nitrogens with zero attached hydrogens (tertiary/aromatic N) is 2. The lowest BCUT2D eigenvalue weighted by Gasteiger charge is -2.28. The molecule has 1 aliphatic heterocycles. The third-order valence-corrected chi connectivity index (χ3v) is 5.04. The Kier molecular flexibility index (Phi) is 9.05. The van der Waals surface area contributed by atoms with Crippen LogP contribution in [-0.2, 0) is 19.5 Å². The van der Waals surface area contributed by atoms with E-state index >= 15 is 0 Å². The van der Waals surface area contributed by atoms with Crippen molar-refractivity contribution >= 4 is 29.9 Å². The number of halogens is 1. The smallest absolute Gasteiger partial charge is 0.191 e. The Morgan fingerprint density at radius 2 is 1.93 bits per heavy atom. The summed E-state index contributed by atoms with van der Waals surface area (Å²) in [5, 5.41) is 6.79. The number of hydrogen-bond donors (Lipinski definition) is 2. The first-order valence-electron chi connectivity index (χ1n) is 9.57. The Morgan fingerprint density at radius 1 is 1.14 bits per heavy atom. The van der Waals surface area contributed by atoms with Crippen LogP contribution in [0.5, 0.6) is 5.75 Å². The van der Waals surface area contributed by atoms with Crippen molar-refractivity contribution in [1.29, 1.82) is 0 Å². The molecule has 0 amide bonds. The first-order chi connectivity index (χ1) is 13.2. The standard InChI is InChI=1S/C22H30N4O.HI/c1-17-8-9-19(21(14-17)27-3)15-25-22(23-2)24-11-13-26-12-10-18-6-4-5-7-20(18)16-26;/h4-9,14H,10-13,15-16H2,1-3H3,(H2,23,24,25);1H. The van der Waals surface area contributed by atoms with Gasteiger partial charge in [-0.2, -0.15) is 0 Å². The molecule has 28 heavy (non-hydrogen) atoms. The fourth-order valence-corrected chi connectivity index (χ4v) is 3.47. The molecule has 2 N–H and O–H groups in total. The maximum atomic E-state index is 5.47. The van der Waals surface area contributed by atoms with Gasteiger partial charge in [0.2, 0.25) is 0 Å². The SMILES string of the molecule is CN=C(NCCN1CCc2ccccc2C1)NCc1ccc(C)cc1OC.I. The van der Waals surface area contributed by atoms with Gasteiger partial charge in [-0.1, -0.05) is 36.4 Å². The highest BCUT2D eigenvalue weighted by Gasteiger charge is 2.15. The molecule has 0 aliphatic carbocycles. The van der Waals surface area contributed by atoms with Gasteiger partial charge < -0.3 is 15.4 Å². The van der Waals surface area contributed by atoms with Crippen LogP contribution in [-0.4, -0.2) is 44.7 Å². The van der Waals surface area contributed by atoms with E-state index in [2.05, 4.69) is 69.9 Å². The van der Waals surface area contributed by atoms with Crippen molar-refractivity contribution in [1.82, 2.24) is 15.5 Å². The van der Waals surface area contributed by atoms with E-state index in [1.807, 2.05) is 0 Å². The quantitative estimate of drug-likeness (QED) is 0.368. The summed E-state index contributed by atoms with van der Waals surface area (Å²) in [6.07, 6.45) is 1.14. The number of hydrogen-bond acceptors (Lipinski definition) is 3. The number of benzene rings is 2. The Bertz CT molecular complexity index is 794. The molecule has 1 heterocycles. The molecular weight excluding hydrogens is 463 g/mol. The predicted molar refractivity (Wildman–Crippen MR) is 127 cm³/mol. The van der Waals surface area contributed by atoms with Crippen LogP contribution < -0.4 is 15.4 Å². The maximum Gasteiger partial charge on any atom is 0.191 e. The third kappa shape index (κ3) is 6.10. The van der Waals surface area contributed by atoms with Crippen LogP contribution >= 0.6 is 24.0 Å². The van der Waals surface area contributed by atoms with Crippen molar-refractivity contribution in [3.63, 3.8) is 0 Å². The fraction of sp³-hybridized carbons (Fsp3) is 0.409. The molecule has 0 saturated carbocycles. The highest BCUT2D eigenvalue weighted by molar-refractivity contribution is 14.0. The summed E-state index contributed by atoms with van der Waals surface area (Å²) >= 11 is 0. The van der Waals surface area contributed by atoms with E-state index < -0.39 is 0 Å². The normalized spacial score (nSPS) is 14.0. The molecule has 152 valence electrons. The van der Waals surface area contributed by atoms with Crippen molar-refractivity contribution in [2.24, 2.45) is 4.99 Å². The summed E-state index contributed by atoms with van der Waals surface area (Å²) < 4.78 is 5.47. The van der Waals surface area contributed by atoms with Gasteiger partial charge >= 0.3 is 0 Å². The van der Waals surface area contributed by atoms with Gasteiger partial charge in [0.25, 0.3) is 0 Å². The number of nitrogens with one attached hydrogen (secondary N) is 2. The topological polar surface area (TPSA) is 48.9 Å². The van der Waals surface area contributed by atoms with Gasteiger partial charge in [0.1, 0.15) is 5.75 Å². The largest absolute Gasteiger partial charge is 0.496 e. The van der Waals surface area contributed by atoms with E-state index in [9.17, 15) is 0 Å². The van der Waals surface area contributed by atoms with E-state index in [1.165, 1.54) is 16.7 Å². The number of aliphatic imine (C=N–C) groups is 1. The van der Waals surface area contributed by atoms with E-state index in [-0.39, 0.29) is 24.0 Å². The maximum absolute atomic E-state index is 5.47. The summed E-state index contributed by atoms with van der Waals surface area (Å²) in [7, 11) is 3.51. The molecule has 2 aromatic rings. The van der Waals surface area contributed by atoms with Gasteiger partial charge in [-0.05, 0) is 36.1 Å². The third-order valence-electron chi connectivity index (χ3n) is 5.04. The number of guanidine groups is 1. The van der Waals surface area contributed by atoms with Crippen molar-refractivity contribution in [3.8, 4) is 5.75 Å². The van der Waals surface area contributed by atoms with Gasteiger partial charge in [-0.3, -0.25) is 9.89 Å². The van der Waals surface area contributed by atoms with Crippen LogP contribution in [0.15, 0.2) is 47.5 Å². The second-order valence-electron chi connectivity index (χ2n) is 6.96. The minimum absolute atomic E-state index is 0. The van der Waals surface area contributed by atoms with E-state index in [1.54, 1.807) is 14.2 Å². The summed E-state index contributed by atoms with van der Waals surface area (Å²) in [5.41, 5.74) is 5.27. The Labute approximate surface area is 185 Å². The van der Waals surface area contributed by atoms with Gasteiger partial charge in [0.15, 0.2) is 5.96 Å². The first-order valence-corrected chi connectivity index (χ1v) is 9.57. The number of methoxy groups -OCH3 is 1. The molecule has 0 radical (unpaired) electrons. The van der Waals surface area contributed by atoms with Gasteiger partial charge in [-0.15, -0.1) is 24.0 Å². The molecule has 0 atom stereocenters. The number of aryl methyl sites for hydroxylation is 1. The van der Waals surface area contributed by atoms with Crippen LogP contribution in [0.3, 0.4) is 0 Å². The fourth-order valence-electron chi connectivity index (χ4n) is 3.47. The minimum atomic E-state index is 0. The van der Waals surface area contributed by atoms with Crippen molar-refractivity contribution in [2.75, 3.05) is 33.8 Å². The molecule has 6 heteroatoms. The molecule has 1 aliphatic rings. The van der Waals surface area contributed by atoms with E-state index in [0.29, 0.717) is 6.54 Å². The average Bonchev–Trinajstić information content (AvgIpc) is 2.71. The summed E-state index contributed by atoms with van der Waals surface area (Å²) in [6.45, 7) is 6.77. The average molecular weight is 494 g/mol. The van der Waals surface area contributed by atoms with Crippen LogP contribution in [0.25, 0.3) is 0 Å². The van der Waals surface area contributed by atoms with E-state index in [0.717, 1.165) is 49.9 Å². The number of ether oxygens (including phenoxy) is 1. The van der Waals surface area contributed by atoms with Gasteiger partial charge in [0, 0.05) is 45.3 Å². The number of fused-ring (bicyclic) bond motifs is 1. The second kappa shape index (κ2) is 11.3. The summed E-state index contributed by atoms with van der Waals surface area (Å²) in [4.78, 5) is 6.82. The number of rotatable bonds is 6. The van der Waals surface area contributed by atoms with Crippen molar-refractivity contribution in [2.45, 2.75) is 26.4 Å². The molecule has 0 aromatic heterocycles. The zero-order chi connectivity index (χ0) is 19.1. The Morgan fingerprint density at radius 3 is 2.68 bits per heavy atom.